The highest BCUT2D eigenvalue weighted by Gasteiger charge is 2.32. The van der Waals surface area contributed by atoms with Gasteiger partial charge in [0.25, 0.3) is 0 Å². The van der Waals surface area contributed by atoms with Gasteiger partial charge in [-0.1, -0.05) is 13.8 Å². The molecule has 0 saturated heterocycles. The van der Waals surface area contributed by atoms with Gasteiger partial charge in [0.2, 0.25) is 5.43 Å². The molecule has 1 N–H and O–H groups in total. The predicted octanol–water partition coefficient (Wildman–Crippen LogP) is 5.09. The maximum Gasteiger partial charge on any atom is 0.420 e. The summed E-state index contributed by atoms with van der Waals surface area (Å²) in [6.45, 7) is 11.4. The Kier molecular flexibility index (Phi) is 6.30. The Labute approximate surface area is 187 Å². The molecule has 0 saturated carbocycles. The number of anilines is 2. The van der Waals surface area contributed by atoms with E-state index in [1.807, 2.05) is 26.8 Å². The Morgan fingerprint density at radius 2 is 1.88 bits per heavy atom. The van der Waals surface area contributed by atoms with E-state index >= 15 is 0 Å². The van der Waals surface area contributed by atoms with Crippen molar-refractivity contribution >= 4 is 23.1 Å². The summed E-state index contributed by atoms with van der Waals surface area (Å²) in [5, 5.41) is 12.7. The fourth-order valence-corrected chi connectivity index (χ4v) is 3.51. The van der Waals surface area contributed by atoms with Gasteiger partial charge in [0.1, 0.15) is 28.8 Å². The average molecular weight is 437 g/mol. The zero-order valence-corrected chi connectivity index (χ0v) is 19.2. The number of ether oxygens (including phenoxy) is 2. The van der Waals surface area contributed by atoms with Crippen LogP contribution < -0.4 is 15.1 Å². The zero-order chi connectivity index (χ0) is 23.6. The van der Waals surface area contributed by atoms with Crippen molar-refractivity contribution < 1.29 is 14.3 Å². The van der Waals surface area contributed by atoms with Crippen molar-refractivity contribution in [1.82, 2.24) is 9.61 Å². The van der Waals surface area contributed by atoms with Gasteiger partial charge in [-0.2, -0.15) is 5.26 Å². The van der Waals surface area contributed by atoms with Crippen molar-refractivity contribution in [3.8, 4) is 11.8 Å². The molecule has 8 heteroatoms. The van der Waals surface area contributed by atoms with Crippen LogP contribution in [0.1, 0.15) is 58.6 Å². The van der Waals surface area contributed by atoms with E-state index in [1.54, 1.807) is 61.8 Å². The number of benzene rings is 1. The van der Waals surface area contributed by atoms with Crippen molar-refractivity contribution in [1.29, 1.82) is 5.26 Å². The number of H-pyrrole nitrogens is 1. The van der Waals surface area contributed by atoms with Gasteiger partial charge < -0.3 is 9.47 Å². The molecule has 0 aliphatic heterocycles. The number of nitrogens with one attached hydrogen (secondary N) is 1. The number of hydrogen-bond donors (Lipinski definition) is 1. The van der Waals surface area contributed by atoms with E-state index in [1.165, 1.54) is 4.90 Å². The highest BCUT2D eigenvalue weighted by molar-refractivity contribution is 5.97. The monoisotopic (exact) mass is 436 g/mol. The van der Waals surface area contributed by atoms with Crippen molar-refractivity contribution in [2.45, 2.75) is 53.1 Å². The van der Waals surface area contributed by atoms with E-state index < -0.39 is 17.1 Å². The molecule has 0 bridgehead atoms. The van der Waals surface area contributed by atoms with E-state index in [4.69, 9.17) is 9.47 Å². The van der Waals surface area contributed by atoms with E-state index in [9.17, 15) is 14.9 Å². The molecule has 3 rings (SSSR count). The van der Waals surface area contributed by atoms with Crippen molar-refractivity contribution in [2.75, 3.05) is 11.5 Å². The second-order valence-electron chi connectivity index (χ2n) is 8.63. The van der Waals surface area contributed by atoms with Crippen LogP contribution in [0.2, 0.25) is 0 Å². The van der Waals surface area contributed by atoms with Gasteiger partial charge >= 0.3 is 6.09 Å². The van der Waals surface area contributed by atoms with Crippen molar-refractivity contribution in [2.24, 2.45) is 0 Å². The number of aromatic amines is 1. The van der Waals surface area contributed by atoms with Crippen LogP contribution in [0.3, 0.4) is 0 Å². The first kappa shape index (κ1) is 22.9. The molecular formula is C24H28N4O4. The largest absolute Gasteiger partial charge is 0.494 e. The predicted molar refractivity (Wildman–Crippen MR) is 123 cm³/mol. The molecule has 0 unspecified atom stereocenters. The quantitative estimate of drug-likeness (QED) is 0.600. The minimum absolute atomic E-state index is 0.0227. The lowest BCUT2D eigenvalue weighted by molar-refractivity contribution is 0.0597. The van der Waals surface area contributed by atoms with Crippen molar-refractivity contribution in [3.05, 3.63) is 57.9 Å². The molecule has 168 valence electrons. The highest BCUT2D eigenvalue weighted by Crippen LogP contribution is 2.34. The van der Waals surface area contributed by atoms with Crippen LogP contribution in [0.15, 0.2) is 41.3 Å². The standard InChI is InChI=1S/C24H28N4O4/c1-7-31-17-10-8-16(9-11-17)27(23(30)32-24(4,5)6)22-20(15(2)3)21(29)18(14-25)19-12-13-26-28(19)22/h8-13,15,26H,7H2,1-6H3. The Morgan fingerprint density at radius 1 is 1.22 bits per heavy atom. The third-order valence-electron chi connectivity index (χ3n) is 4.75. The SMILES string of the molecule is CCOc1ccc(N(C(=O)OC(C)(C)C)c2c(C(C)C)c(=O)c(C#N)c3cc[nH]n23)cc1. The maximum atomic E-state index is 13.5. The van der Waals surface area contributed by atoms with Gasteiger partial charge in [-0.15, -0.1) is 0 Å². The third-order valence-corrected chi connectivity index (χ3v) is 4.75. The summed E-state index contributed by atoms with van der Waals surface area (Å²) in [6, 6.07) is 10.6. The molecule has 2 heterocycles. The molecule has 0 spiro atoms. The van der Waals surface area contributed by atoms with Gasteiger partial charge in [0.05, 0.1) is 17.8 Å². The summed E-state index contributed by atoms with van der Waals surface area (Å²) in [6.07, 6.45) is 0.977. The Hall–Kier alpha value is -3.73. The number of hydrogen-bond acceptors (Lipinski definition) is 5. The van der Waals surface area contributed by atoms with Crippen LogP contribution in [-0.2, 0) is 4.74 Å². The van der Waals surface area contributed by atoms with Crippen LogP contribution in [0, 0.1) is 11.3 Å². The van der Waals surface area contributed by atoms with Gasteiger partial charge in [0, 0.05) is 11.8 Å². The topological polar surface area (TPSA) is 99.8 Å². The zero-order valence-electron chi connectivity index (χ0n) is 19.2. The normalized spacial score (nSPS) is 11.4. The molecule has 0 aliphatic carbocycles. The molecule has 0 aliphatic rings. The van der Waals surface area contributed by atoms with Gasteiger partial charge in [-0.25, -0.2) is 14.2 Å². The number of carbonyl (C=O) groups is 1. The first-order valence-electron chi connectivity index (χ1n) is 10.5. The molecule has 0 radical (unpaired) electrons. The molecule has 8 nitrogen and oxygen atoms in total. The summed E-state index contributed by atoms with van der Waals surface area (Å²) >= 11 is 0. The summed E-state index contributed by atoms with van der Waals surface area (Å²) in [4.78, 5) is 28.1. The van der Waals surface area contributed by atoms with Crippen LogP contribution in [0.4, 0.5) is 16.3 Å². The number of pyridine rings is 1. The number of nitriles is 1. The summed E-state index contributed by atoms with van der Waals surface area (Å²) in [7, 11) is 0. The first-order chi connectivity index (χ1) is 15.1. The lowest BCUT2D eigenvalue weighted by atomic mass is 10.00. The molecular weight excluding hydrogens is 408 g/mol. The molecule has 32 heavy (non-hydrogen) atoms. The highest BCUT2D eigenvalue weighted by atomic mass is 16.6. The third kappa shape index (κ3) is 4.33. The van der Waals surface area contributed by atoms with E-state index in [-0.39, 0.29) is 11.5 Å². The molecule has 3 aromatic rings. The molecule has 1 aromatic carbocycles. The lowest BCUT2D eigenvalue weighted by Crippen LogP contribution is -2.37. The second-order valence-corrected chi connectivity index (χ2v) is 8.63. The summed E-state index contributed by atoms with van der Waals surface area (Å²) < 4.78 is 12.8. The maximum absolute atomic E-state index is 13.5. The Bertz CT molecular complexity index is 1220. The summed E-state index contributed by atoms with van der Waals surface area (Å²) in [5.74, 6) is 0.700. The molecule has 2 aromatic heterocycles. The molecule has 0 fully saturated rings. The number of amides is 1. The number of carbonyl (C=O) groups excluding carboxylic acids is 1. The molecule has 1 amide bonds. The Balaban J connectivity index is 2.36. The fourth-order valence-electron chi connectivity index (χ4n) is 3.51. The lowest BCUT2D eigenvalue weighted by Gasteiger charge is -2.30. The van der Waals surface area contributed by atoms with Crippen LogP contribution >= 0.6 is 0 Å². The minimum Gasteiger partial charge on any atom is -0.494 e. The van der Waals surface area contributed by atoms with Gasteiger partial charge in [-0.05, 0) is 63.9 Å². The number of rotatable bonds is 5. The van der Waals surface area contributed by atoms with Crippen LogP contribution in [-0.4, -0.2) is 27.9 Å². The Morgan fingerprint density at radius 3 is 2.41 bits per heavy atom. The second kappa shape index (κ2) is 8.79. The average Bonchev–Trinajstić information content (AvgIpc) is 3.17. The van der Waals surface area contributed by atoms with E-state index in [0.717, 1.165) is 0 Å². The number of fused-ring (bicyclic) bond motifs is 1. The molecule has 0 atom stereocenters. The minimum atomic E-state index is -0.759. The van der Waals surface area contributed by atoms with Gasteiger partial charge in [-0.3, -0.25) is 9.89 Å². The number of nitrogens with zero attached hydrogens (tertiary/aromatic N) is 3. The van der Waals surface area contributed by atoms with Crippen molar-refractivity contribution in [3.63, 3.8) is 0 Å². The van der Waals surface area contributed by atoms with E-state index in [2.05, 4.69) is 5.10 Å². The smallest absolute Gasteiger partial charge is 0.420 e. The van der Waals surface area contributed by atoms with E-state index in [0.29, 0.717) is 34.9 Å². The fraction of sp³-hybridized carbons (Fsp3) is 0.375. The summed E-state index contributed by atoms with van der Waals surface area (Å²) in [5.41, 5.74) is 0.0752. The van der Waals surface area contributed by atoms with Gasteiger partial charge in [0.15, 0.2) is 0 Å². The number of aromatic nitrogens is 2. The van der Waals surface area contributed by atoms with Crippen LogP contribution in [0.5, 0.6) is 5.75 Å². The first-order valence-corrected chi connectivity index (χ1v) is 10.5. The van der Waals surface area contributed by atoms with Crippen LogP contribution in [0.25, 0.3) is 5.52 Å².